The van der Waals surface area contributed by atoms with E-state index in [1.807, 2.05) is 24.3 Å². The number of hydrazine groups is 1. The van der Waals surface area contributed by atoms with Gasteiger partial charge >= 0.3 is 0 Å². The van der Waals surface area contributed by atoms with Crippen LogP contribution in [0.5, 0.6) is 0 Å². The molecule has 0 aliphatic carbocycles. The highest BCUT2D eigenvalue weighted by atomic mass is 35.5. The molecule has 0 unspecified atom stereocenters. The molecule has 17 heavy (non-hydrogen) atoms. The van der Waals surface area contributed by atoms with E-state index in [9.17, 15) is 0 Å². The van der Waals surface area contributed by atoms with E-state index in [2.05, 4.69) is 15.0 Å². The van der Waals surface area contributed by atoms with Crippen molar-refractivity contribution in [3.05, 3.63) is 40.5 Å². The topological polar surface area (TPSA) is 73.1 Å². The molecule has 0 bridgehead atoms. The molecule has 1 aromatic carbocycles. The predicted octanol–water partition coefficient (Wildman–Crippen LogP) is 2.19. The second-order valence-corrected chi connectivity index (χ2v) is 4.50. The van der Waals surface area contributed by atoms with Crippen molar-refractivity contribution in [1.29, 1.82) is 0 Å². The maximum Gasteiger partial charge on any atom is 0.149 e. The third-order valence-corrected chi connectivity index (χ3v) is 3.06. The van der Waals surface area contributed by atoms with Crippen LogP contribution in [0.1, 0.15) is 11.3 Å². The van der Waals surface area contributed by atoms with Gasteiger partial charge < -0.3 is 10.2 Å². The molecule has 1 aromatic heterocycles. The number of hydrogen-bond donors (Lipinski definition) is 2. The van der Waals surface area contributed by atoms with E-state index < -0.39 is 0 Å². The van der Waals surface area contributed by atoms with E-state index in [1.54, 1.807) is 0 Å². The fourth-order valence-electron chi connectivity index (χ4n) is 1.26. The van der Waals surface area contributed by atoms with Crippen LogP contribution in [0.15, 0.2) is 24.3 Å². The van der Waals surface area contributed by atoms with Crippen LogP contribution in [0.3, 0.4) is 0 Å². The number of nitrogens with two attached hydrogens (primary N) is 1. The number of rotatable bonds is 5. The van der Waals surface area contributed by atoms with Crippen molar-refractivity contribution in [3.8, 4) is 0 Å². The molecule has 7 heteroatoms. The van der Waals surface area contributed by atoms with Crippen molar-refractivity contribution in [3.63, 3.8) is 0 Å². The summed E-state index contributed by atoms with van der Waals surface area (Å²) in [6.07, 6.45) is 0. The Labute approximate surface area is 108 Å². The molecule has 0 saturated carbocycles. The molecule has 0 radical (unpaired) electrons. The van der Waals surface area contributed by atoms with Gasteiger partial charge in [0.2, 0.25) is 0 Å². The SMILES string of the molecule is NNc1snnc1COCc1ccc(Cl)cc1. The van der Waals surface area contributed by atoms with Gasteiger partial charge in [0.15, 0.2) is 0 Å². The Hall–Kier alpha value is -1.21. The number of nitrogen functional groups attached to an aromatic ring is 1. The van der Waals surface area contributed by atoms with Gasteiger partial charge in [-0.3, -0.25) is 0 Å². The highest BCUT2D eigenvalue weighted by Crippen LogP contribution is 2.17. The summed E-state index contributed by atoms with van der Waals surface area (Å²) in [6, 6.07) is 7.50. The van der Waals surface area contributed by atoms with Gasteiger partial charge in [-0.25, -0.2) is 5.84 Å². The average Bonchev–Trinajstić information content (AvgIpc) is 2.79. The molecular formula is C10H11ClN4OS. The summed E-state index contributed by atoms with van der Waals surface area (Å²) in [6.45, 7) is 0.872. The number of halogens is 1. The first-order valence-electron chi connectivity index (χ1n) is 4.89. The number of hydrogen-bond acceptors (Lipinski definition) is 6. The van der Waals surface area contributed by atoms with E-state index in [4.69, 9.17) is 22.2 Å². The summed E-state index contributed by atoms with van der Waals surface area (Å²) < 4.78 is 9.29. The highest BCUT2D eigenvalue weighted by Gasteiger charge is 2.06. The Kier molecular flexibility index (Phi) is 4.27. The van der Waals surface area contributed by atoms with Crippen molar-refractivity contribution in [2.24, 2.45) is 5.84 Å². The van der Waals surface area contributed by atoms with Gasteiger partial charge in [-0.1, -0.05) is 28.2 Å². The normalized spacial score (nSPS) is 10.5. The number of ether oxygens (including phenoxy) is 1. The molecule has 90 valence electrons. The zero-order chi connectivity index (χ0) is 12.1. The van der Waals surface area contributed by atoms with Crippen molar-refractivity contribution < 1.29 is 4.74 Å². The minimum absolute atomic E-state index is 0.374. The molecule has 5 nitrogen and oxygen atoms in total. The highest BCUT2D eigenvalue weighted by molar-refractivity contribution is 7.10. The molecule has 3 N–H and O–H groups in total. The Bertz CT molecular complexity index is 473. The minimum atomic E-state index is 0.374. The molecule has 0 fully saturated rings. The Balaban J connectivity index is 1.85. The molecule has 0 atom stereocenters. The van der Waals surface area contributed by atoms with E-state index in [0.717, 1.165) is 10.6 Å². The fraction of sp³-hybridized carbons (Fsp3) is 0.200. The molecule has 2 rings (SSSR count). The second-order valence-electron chi connectivity index (χ2n) is 3.31. The van der Waals surface area contributed by atoms with Crippen LogP contribution in [0.25, 0.3) is 0 Å². The Morgan fingerprint density at radius 3 is 2.76 bits per heavy atom. The van der Waals surface area contributed by atoms with E-state index in [1.165, 1.54) is 11.5 Å². The predicted molar refractivity (Wildman–Crippen MR) is 67.7 cm³/mol. The monoisotopic (exact) mass is 270 g/mol. The first-order chi connectivity index (χ1) is 8.29. The first-order valence-corrected chi connectivity index (χ1v) is 6.05. The third-order valence-electron chi connectivity index (χ3n) is 2.11. The summed E-state index contributed by atoms with van der Waals surface area (Å²) >= 11 is 6.99. The van der Waals surface area contributed by atoms with E-state index in [0.29, 0.717) is 23.9 Å². The van der Waals surface area contributed by atoms with Crippen LogP contribution >= 0.6 is 23.1 Å². The van der Waals surface area contributed by atoms with Crippen LogP contribution in [0.4, 0.5) is 5.00 Å². The summed E-state index contributed by atoms with van der Waals surface area (Å²) in [5.74, 6) is 5.30. The average molecular weight is 271 g/mol. The smallest absolute Gasteiger partial charge is 0.149 e. The van der Waals surface area contributed by atoms with Gasteiger partial charge in [-0.2, -0.15) is 0 Å². The van der Waals surface area contributed by atoms with Crippen molar-refractivity contribution >= 4 is 28.1 Å². The molecule has 2 aromatic rings. The number of nitrogens with one attached hydrogen (secondary N) is 1. The lowest BCUT2D eigenvalue weighted by Crippen LogP contribution is -2.08. The van der Waals surface area contributed by atoms with Gasteiger partial charge in [-0.15, -0.1) is 5.10 Å². The van der Waals surface area contributed by atoms with Crippen molar-refractivity contribution in [1.82, 2.24) is 9.59 Å². The van der Waals surface area contributed by atoms with Gasteiger partial charge in [0.1, 0.15) is 10.7 Å². The van der Waals surface area contributed by atoms with E-state index >= 15 is 0 Å². The van der Waals surface area contributed by atoms with Crippen LogP contribution in [-0.2, 0) is 18.0 Å². The lowest BCUT2D eigenvalue weighted by Gasteiger charge is -2.03. The zero-order valence-corrected chi connectivity index (χ0v) is 10.5. The lowest BCUT2D eigenvalue weighted by molar-refractivity contribution is 0.105. The number of aromatic nitrogens is 2. The maximum absolute atomic E-state index is 5.79. The number of anilines is 1. The van der Waals surface area contributed by atoms with Gasteiger partial charge in [0, 0.05) is 16.6 Å². The van der Waals surface area contributed by atoms with Crippen LogP contribution < -0.4 is 11.3 Å². The summed E-state index contributed by atoms with van der Waals surface area (Å²) in [7, 11) is 0. The van der Waals surface area contributed by atoms with Crippen molar-refractivity contribution in [2.45, 2.75) is 13.2 Å². The zero-order valence-electron chi connectivity index (χ0n) is 8.89. The molecule has 0 spiro atoms. The Morgan fingerprint density at radius 1 is 1.29 bits per heavy atom. The number of benzene rings is 1. The van der Waals surface area contributed by atoms with E-state index in [-0.39, 0.29) is 0 Å². The van der Waals surface area contributed by atoms with Crippen LogP contribution in [0, 0.1) is 0 Å². The second kappa shape index (κ2) is 5.92. The minimum Gasteiger partial charge on any atom is -0.370 e. The van der Waals surface area contributed by atoms with Gasteiger partial charge in [0.25, 0.3) is 0 Å². The molecule has 0 aliphatic heterocycles. The summed E-state index contributed by atoms with van der Waals surface area (Å²) in [5.41, 5.74) is 4.30. The van der Waals surface area contributed by atoms with Gasteiger partial charge in [-0.05, 0) is 17.7 Å². The Morgan fingerprint density at radius 2 is 2.06 bits per heavy atom. The molecule has 0 aliphatic rings. The largest absolute Gasteiger partial charge is 0.370 e. The molecule has 0 amide bonds. The lowest BCUT2D eigenvalue weighted by atomic mass is 10.2. The number of nitrogens with zero attached hydrogens (tertiary/aromatic N) is 2. The van der Waals surface area contributed by atoms with Crippen molar-refractivity contribution in [2.75, 3.05) is 5.43 Å². The maximum atomic E-state index is 5.79. The molecular weight excluding hydrogens is 260 g/mol. The molecule has 0 saturated heterocycles. The summed E-state index contributed by atoms with van der Waals surface area (Å²) in [5, 5.41) is 5.35. The first kappa shape index (κ1) is 12.3. The van der Waals surface area contributed by atoms with Gasteiger partial charge in [0.05, 0.1) is 13.2 Å². The quantitative estimate of drug-likeness (QED) is 0.644. The van der Waals surface area contributed by atoms with Crippen LogP contribution in [-0.4, -0.2) is 9.59 Å². The van der Waals surface area contributed by atoms with Crippen LogP contribution in [0.2, 0.25) is 5.02 Å². The third kappa shape index (κ3) is 3.37. The standard InChI is InChI=1S/C10H11ClN4OS/c11-8-3-1-7(2-4-8)5-16-6-9-10(13-12)17-15-14-9/h1-4,13H,5-6,12H2. The molecule has 1 heterocycles. The summed E-state index contributed by atoms with van der Waals surface area (Å²) in [4.78, 5) is 0. The fourth-order valence-corrected chi connectivity index (χ4v) is 1.86.